The van der Waals surface area contributed by atoms with E-state index >= 15 is 0 Å². The van der Waals surface area contributed by atoms with E-state index < -0.39 is 16.9 Å². The van der Waals surface area contributed by atoms with Gasteiger partial charge in [0.05, 0.1) is 18.1 Å². The standard InChI is InChI=1S/C12H14N4O4S/c17-10-5-11(21(19)15-10)16-7-9(6-13-16)14-12(18)8-1-3-20-4-2-8/h5-8H,1-4H2,(H,14,18)(H,15,17). The van der Waals surface area contributed by atoms with Crippen molar-refractivity contribution in [1.82, 2.24) is 14.5 Å². The quantitative estimate of drug-likeness (QED) is 0.807. The molecule has 1 atom stereocenters. The minimum absolute atomic E-state index is 0.0647. The Balaban J connectivity index is 1.68. The molecule has 3 heterocycles. The first-order chi connectivity index (χ1) is 10.1. The van der Waals surface area contributed by atoms with Gasteiger partial charge in [-0.1, -0.05) is 0 Å². The summed E-state index contributed by atoms with van der Waals surface area (Å²) in [5.74, 6) is -0.564. The van der Waals surface area contributed by atoms with Gasteiger partial charge in [-0.25, -0.2) is 8.89 Å². The molecule has 0 aliphatic carbocycles. The molecule has 0 radical (unpaired) electrons. The van der Waals surface area contributed by atoms with Crippen LogP contribution in [0.5, 0.6) is 0 Å². The third kappa shape index (κ3) is 3.03. The van der Waals surface area contributed by atoms with Gasteiger partial charge in [0.1, 0.15) is 0 Å². The minimum Gasteiger partial charge on any atom is -0.381 e. The van der Waals surface area contributed by atoms with Gasteiger partial charge >= 0.3 is 0 Å². The fourth-order valence-corrected chi connectivity index (χ4v) is 3.03. The van der Waals surface area contributed by atoms with E-state index in [1.165, 1.54) is 23.2 Å². The molecule has 8 nitrogen and oxygen atoms in total. The lowest BCUT2D eigenvalue weighted by atomic mass is 9.99. The summed E-state index contributed by atoms with van der Waals surface area (Å²) in [6, 6.07) is 0. The van der Waals surface area contributed by atoms with E-state index in [2.05, 4.69) is 15.1 Å². The second-order valence-corrected chi connectivity index (χ2v) is 5.93. The Bertz CT molecular complexity index is 633. The van der Waals surface area contributed by atoms with Crippen molar-refractivity contribution in [3.8, 4) is 0 Å². The van der Waals surface area contributed by atoms with E-state index in [4.69, 9.17) is 4.74 Å². The molecule has 1 aromatic rings. The summed E-state index contributed by atoms with van der Waals surface area (Å²) in [6.07, 6.45) is 5.60. The van der Waals surface area contributed by atoms with Gasteiger partial charge in [0.2, 0.25) is 5.91 Å². The minimum atomic E-state index is -1.61. The molecule has 1 saturated heterocycles. The average Bonchev–Trinajstić information content (AvgIpc) is 3.06. The highest BCUT2D eigenvalue weighted by molar-refractivity contribution is 7.93. The number of hydrogen-bond acceptors (Lipinski definition) is 5. The van der Waals surface area contributed by atoms with Gasteiger partial charge in [0.25, 0.3) is 5.91 Å². The molecular weight excluding hydrogens is 296 g/mol. The molecule has 1 unspecified atom stereocenters. The first-order valence-electron chi connectivity index (χ1n) is 6.51. The Morgan fingerprint density at radius 1 is 1.48 bits per heavy atom. The number of carbonyl (C=O) groups is 2. The van der Waals surface area contributed by atoms with Gasteiger partial charge in [-0.2, -0.15) is 5.10 Å². The zero-order valence-electron chi connectivity index (χ0n) is 11.1. The van der Waals surface area contributed by atoms with Gasteiger partial charge in [0.15, 0.2) is 16.0 Å². The first-order valence-corrected chi connectivity index (χ1v) is 7.66. The van der Waals surface area contributed by atoms with Crippen LogP contribution in [0.3, 0.4) is 0 Å². The average molecular weight is 310 g/mol. The number of aromatic nitrogens is 2. The van der Waals surface area contributed by atoms with E-state index in [0.717, 1.165) is 0 Å². The molecule has 112 valence electrons. The predicted octanol–water partition coefficient (Wildman–Crippen LogP) is -0.160. The Kier molecular flexibility index (Phi) is 3.84. The van der Waals surface area contributed by atoms with Crippen LogP contribution < -0.4 is 10.0 Å². The molecule has 0 spiro atoms. The smallest absolute Gasteiger partial charge is 0.258 e. The Hall–Kier alpha value is -2.00. The molecule has 2 aliphatic rings. The Morgan fingerprint density at radius 2 is 2.24 bits per heavy atom. The number of ether oxygens (including phenoxy) is 1. The zero-order valence-corrected chi connectivity index (χ0v) is 11.9. The largest absolute Gasteiger partial charge is 0.381 e. The third-order valence-electron chi connectivity index (χ3n) is 3.31. The first kappa shape index (κ1) is 14.0. The highest BCUT2D eigenvalue weighted by Gasteiger charge is 2.24. The molecule has 1 aromatic heterocycles. The molecule has 3 rings (SSSR count). The van der Waals surface area contributed by atoms with Crippen LogP contribution in [0.25, 0.3) is 5.03 Å². The number of amides is 2. The summed E-state index contributed by atoms with van der Waals surface area (Å²) in [4.78, 5) is 23.2. The van der Waals surface area contributed by atoms with Crippen LogP contribution >= 0.6 is 0 Å². The second-order valence-electron chi connectivity index (χ2n) is 4.77. The van der Waals surface area contributed by atoms with E-state index in [-0.39, 0.29) is 16.9 Å². The molecule has 0 bridgehead atoms. The molecule has 1 fully saturated rings. The maximum atomic E-state index is 12.1. The predicted molar refractivity (Wildman–Crippen MR) is 75.0 cm³/mol. The number of hydrogen-bond donors (Lipinski definition) is 2. The van der Waals surface area contributed by atoms with Crippen molar-refractivity contribution in [2.45, 2.75) is 12.8 Å². The summed E-state index contributed by atoms with van der Waals surface area (Å²) in [6.45, 7) is 1.19. The molecule has 2 aliphatic heterocycles. The summed E-state index contributed by atoms with van der Waals surface area (Å²) < 4.78 is 20.4. The third-order valence-corrected chi connectivity index (χ3v) is 4.38. The van der Waals surface area contributed by atoms with Crippen LogP contribution in [0.1, 0.15) is 12.8 Å². The molecule has 0 aromatic carbocycles. The molecule has 2 N–H and O–H groups in total. The summed E-state index contributed by atoms with van der Waals surface area (Å²) in [5.41, 5.74) is 0.503. The van der Waals surface area contributed by atoms with Crippen molar-refractivity contribution < 1.29 is 18.5 Å². The lowest BCUT2D eigenvalue weighted by molar-refractivity contribution is -0.122. The molecular formula is C12H14N4O4S. The number of anilines is 1. The molecule has 0 saturated carbocycles. The fourth-order valence-electron chi connectivity index (χ4n) is 2.20. The van der Waals surface area contributed by atoms with Crippen LogP contribution in [0.4, 0.5) is 5.69 Å². The number of carbonyl (C=O) groups excluding carboxylic acids is 2. The van der Waals surface area contributed by atoms with Crippen molar-refractivity contribution in [3.05, 3.63) is 18.5 Å². The monoisotopic (exact) mass is 310 g/mol. The number of nitrogens with zero attached hydrogens (tertiary/aromatic N) is 2. The topological polar surface area (TPSA) is 102 Å². The normalized spacial score (nSPS) is 22.8. The SMILES string of the molecule is O=C1C=C(n2cc(NC(=O)C3CCOCC3)cn2)S(=O)N1. The van der Waals surface area contributed by atoms with Crippen LogP contribution in [0.15, 0.2) is 18.5 Å². The maximum absolute atomic E-state index is 12.1. The number of rotatable bonds is 3. The van der Waals surface area contributed by atoms with E-state index in [0.29, 0.717) is 31.7 Å². The van der Waals surface area contributed by atoms with Crippen molar-refractivity contribution in [2.75, 3.05) is 18.5 Å². The van der Waals surface area contributed by atoms with Crippen LogP contribution in [0.2, 0.25) is 0 Å². The Morgan fingerprint density at radius 3 is 2.90 bits per heavy atom. The van der Waals surface area contributed by atoms with Gasteiger partial charge in [-0.05, 0) is 12.8 Å². The van der Waals surface area contributed by atoms with Crippen molar-refractivity contribution >= 4 is 33.5 Å². The van der Waals surface area contributed by atoms with Crippen molar-refractivity contribution in [3.63, 3.8) is 0 Å². The lowest BCUT2D eigenvalue weighted by Gasteiger charge is -2.20. The van der Waals surface area contributed by atoms with Crippen molar-refractivity contribution in [1.29, 1.82) is 0 Å². The summed E-state index contributed by atoms with van der Waals surface area (Å²) >= 11 is 0. The molecule has 9 heteroatoms. The zero-order chi connectivity index (χ0) is 14.8. The molecule has 2 amide bonds. The van der Waals surface area contributed by atoms with E-state index in [9.17, 15) is 13.8 Å². The fraction of sp³-hybridized carbons (Fsp3) is 0.417. The van der Waals surface area contributed by atoms with E-state index in [1.54, 1.807) is 0 Å². The second kappa shape index (κ2) is 5.78. The molecule has 21 heavy (non-hydrogen) atoms. The summed E-state index contributed by atoms with van der Waals surface area (Å²) in [5, 5.41) is 7.02. The highest BCUT2D eigenvalue weighted by Crippen LogP contribution is 2.19. The van der Waals surface area contributed by atoms with Gasteiger partial charge < -0.3 is 10.1 Å². The van der Waals surface area contributed by atoms with Gasteiger partial charge in [-0.3, -0.25) is 14.3 Å². The van der Waals surface area contributed by atoms with Crippen molar-refractivity contribution in [2.24, 2.45) is 5.92 Å². The van der Waals surface area contributed by atoms with Gasteiger partial charge in [0, 0.05) is 25.2 Å². The summed E-state index contributed by atoms with van der Waals surface area (Å²) in [7, 11) is -1.61. The Labute approximate surface area is 123 Å². The van der Waals surface area contributed by atoms with Crippen LogP contribution in [-0.2, 0) is 25.3 Å². The highest BCUT2D eigenvalue weighted by atomic mass is 32.2. The van der Waals surface area contributed by atoms with Crippen LogP contribution in [0, 0.1) is 5.92 Å². The van der Waals surface area contributed by atoms with Crippen LogP contribution in [-0.4, -0.2) is 39.0 Å². The maximum Gasteiger partial charge on any atom is 0.258 e. The van der Waals surface area contributed by atoms with E-state index in [1.807, 2.05) is 0 Å². The number of nitrogens with one attached hydrogen (secondary N) is 2. The van der Waals surface area contributed by atoms with Gasteiger partial charge in [-0.15, -0.1) is 0 Å². The lowest BCUT2D eigenvalue weighted by Crippen LogP contribution is -2.28.